The number of carbonyl (C=O) groups is 1. The van der Waals surface area contributed by atoms with E-state index in [-0.39, 0.29) is 11.7 Å². The number of pyridine rings is 1. The van der Waals surface area contributed by atoms with Crippen LogP contribution in [0.1, 0.15) is 12.0 Å². The van der Waals surface area contributed by atoms with Crippen LogP contribution in [0, 0.1) is 6.92 Å². The number of nitrogens with one attached hydrogen (secondary N) is 1. The Morgan fingerprint density at radius 1 is 1.26 bits per heavy atom. The Bertz CT molecular complexity index is 565. The van der Waals surface area contributed by atoms with E-state index >= 15 is 0 Å². The van der Waals surface area contributed by atoms with Crippen molar-refractivity contribution in [2.45, 2.75) is 19.9 Å². The van der Waals surface area contributed by atoms with Crippen LogP contribution < -0.4 is 9.88 Å². The minimum Gasteiger partial charge on any atom is -0.508 e. The van der Waals surface area contributed by atoms with Gasteiger partial charge >= 0.3 is 0 Å². The number of benzene rings is 1. The molecule has 0 aliphatic heterocycles. The van der Waals surface area contributed by atoms with Crippen molar-refractivity contribution in [3.05, 3.63) is 54.4 Å². The van der Waals surface area contributed by atoms with Crippen LogP contribution >= 0.6 is 0 Å². The number of aromatic nitrogens is 1. The summed E-state index contributed by atoms with van der Waals surface area (Å²) in [4.78, 5) is 11.8. The van der Waals surface area contributed by atoms with E-state index in [9.17, 15) is 9.90 Å². The number of rotatable bonds is 4. The Hall–Kier alpha value is -2.36. The van der Waals surface area contributed by atoms with Gasteiger partial charge in [0.05, 0.1) is 6.42 Å². The summed E-state index contributed by atoms with van der Waals surface area (Å²) in [6, 6.07) is 10.5. The molecule has 19 heavy (non-hydrogen) atoms. The molecule has 0 aliphatic carbocycles. The lowest BCUT2D eigenvalue weighted by atomic mass is 10.3. The molecule has 0 aliphatic rings. The first-order chi connectivity index (χ1) is 9.13. The van der Waals surface area contributed by atoms with Gasteiger partial charge in [0, 0.05) is 23.9 Å². The van der Waals surface area contributed by atoms with Gasteiger partial charge in [0.15, 0.2) is 18.9 Å². The van der Waals surface area contributed by atoms with Crippen LogP contribution in [0.4, 0.5) is 5.69 Å². The summed E-state index contributed by atoms with van der Waals surface area (Å²) in [6.45, 7) is 2.66. The topological polar surface area (TPSA) is 53.2 Å². The van der Waals surface area contributed by atoms with Crippen molar-refractivity contribution >= 4 is 11.6 Å². The zero-order chi connectivity index (χ0) is 13.7. The highest BCUT2D eigenvalue weighted by molar-refractivity contribution is 5.90. The van der Waals surface area contributed by atoms with E-state index in [4.69, 9.17) is 0 Å². The van der Waals surface area contributed by atoms with Gasteiger partial charge in [-0.05, 0) is 24.6 Å². The molecule has 1 heterocycles. The summed E-state index contributed by atoms with van der Waals surface area (Å²) in [7, 11) is 0. The van der Waals surface area contributed by atoms with Crippen LogP contribution in [0.5, 0.6) is 5.75 Å². The Morgan fingerprint density at radius 2 is 2.00 bits per heavy atom. The summed E-state index contributed by atoms with van der Waals surface area (Å²) in [6.07, 6.45) is 4.30. The van der Waals surface area contributed by atoms with E-state index in [1.807, 2.05) is 36.0 Å². The number of phenols is 1. The maximum atomic E-state index is 11.8. The lowest BCUT2D eigenvalue weighted by molar-refractivity contribution is -0.695. The van der Waals surface area contributed by atoms with Gasteiger partial charge in [-0.3, -0.25) is 4.79 Å². The molecule has 0 fully saturated rings. The van der Waals surface area contributed by atoms with Crippen molar-refractivity contribution in [2.24, 2.45) is 0 Å². The van der Waals surface area contributed by atoms with Crippen LogP contribution in [0.15, 0.2) is 48.8 Å². The number of aryl methyl sites for hydroxylation is 2. The number of amides is 1. The molecule has 0 atom stereocenters. The fourth-order valence-electron chi connectivity index (χ4n) is 1.72. The number of hydrogen-bond donors (Lipinski definition) is 2. The zero-order valence-electron chi connectivity index (χ0n) is 10.8. The molecule has 0 saturated carbocycles. The van der Waals surface area contributed by atoms with Crippen LogP contribution in [-0.4, -0.2) is 11.0 Å². The Labute approximate surface area is 112 Å². The van der Waals surface area contributed by atoms with Gasteiger partial charge in [0.25, 0.3) is 0 Å². The molecule has 2 aromatic rings. The second-order valence-electron chi connectivity index (χ2n) is 4.46. The molecule has 0 radical (unpaired) electrons. The van der Waals surface area contributed by atoms with E-state index in [1.54, 1.807) is 18.2 Å². The fraction of sp³-hybridized carbons (Fsp3) is 0.200. The van der Waals surface area contributed by atoms with Crippen LogP contribution in [-0.2, 0) is 11.3 Å². The minimum absolute atomic E-state index is 0.0707. The minimum atomic E-state index is -0.0707. The number of aromatic hydroxyl groups is 1. The van der Waals surface area contributed by atoms with Crippen LogP contribution in [0.2, 0.25) is 0 Å². The molecule has 0 spiro atoms. The predicted octanol–water partition coefficient (Wildman–Crippen LogP) is 2.02. The Balaban J connectivity index is 1.86. The molecular weight excluding hydrogens is 240 g/mol. The highest BCUT2D eigenvalue weighted by Crippen LogP contribution is 2.15. The first-order valence-corrected chi connectivity index (χ1v) is 6.18. The molecule has 0 bridgehead atoms. The molecule has 4 nitrogen and oxygen atoms in total. The summed E-state index contributed by atoms with van der Waals surface area (Å²) in [5, 5.41) is 12.1. The number of anilines is 1. The second kappa shape index (κ2) is 6.00. The highest BCUT2D eigenvalue weighted by Gasteiger charge is 2.07. The molecule has 4 heteroatoms. The normalized spacial score (nSPS) is 10.2. The molecule has 0 unspecified atom stereocenters. The van der Waals surface area contributed by atoms with Crippen molar-refractivity contribution in [2.75, 3.05) is 5.32 Å². The maximum absolute atomic E-state index is 11.8. The molecule has 98 valence electrons. The number of hydrogen-bond acceptors (Lipinski definition) is 2. The van der Waals surface area contributed by atoms with Gasteiger partial charge in [-0.15, -0.1) is 0 Å². The third kappa shape index (κ3) is 4.10. The molecular formula is C15H17N2O2+. The van der Waals surface area contributed by atoms with Crippen molar-refractivity contribution in [1.29, 1.82) is 0 Å². The zero-order valence-corrected chi connectivity index (χ0v) is 10.8. The SMILES string of the molecule is Cc1cc[n+](CCC(=O)Nc2cccc(O)c2)cc1. The van der Waals surface area contributed by atoms with Gasteiger partial charge in [-0.25, -0.2) is 4.57 Å². The van der Waals surface area contributed by atoms with Crippen molar-refractivity contribution in [3.8, 4) is 5.75 Å². The lowest BCUT2D eigenvalue weighted by Gasteiger charge is -2.04. The maximum Gasteiger partial charge on any atom is 0.230 e. The molecule has 1 amide bonds. The van der Waals surface area contributed by atoms with Gasteiger partial charge in [0.1, 0.15) is 5.75 Å². The van der Waals surface area contributed by atoms with Crippen molar-refractivity contribution in [1.82, 2.24) is 0 Å². The first kappa shape index (κ1) is 13.1. The second-order valence-corrected chi connectivity index (χ2v) is 4.46. The van der Waals surface area contributed by atoms with E-state index in [0.717, 1.165) is 0 Å². The summed E-state index contributed by atoms with van der Waals surface area (Å²) in [5.74, 6) is 0.0735. The summed E-state index contributed by atoms with van der Waals surface area (Å²) < 4.78 is 1.97. The average molecular weight is 257 g/mol. The quantitative estimate of drug-likeness (QED) is 0.823. The monoisotopic (exact) mass is 257 g/mol. The smallest absolute Gasteiger partial charge is 0.230 e. The van der Waals surface area contributed by atoms with Gasteiger partial charge < -0.3 is 10.4 Å². The Morgan fingerprint density at radius 3 is 2.68 bits per heavy atom. The van der Waals surface area contributed by atoms with E-state index in [2.05, 4.69) is 5.32 Å². The number of carbonyl (C=O) groups excluding carboxylic acids is 1. The van der Waals surface area contributed by atoms with Gasteiger partial charge in [-0.1, -0.05) is 6.07 Å². The third-order valence-electron chi connectivity index (χ3n) is 2.78. The standard InChI is InChI=1S/C15H16N2O2/c1-12-5-8-17(9-6-12)10-7-15(19)16-13-3-2-4-14(18)11-13/h2-6,8-9,11H,7,10H2,1H3,(H-,16,18,19)/p+1. The first-order valence-electron chi connectivity index (χ1n) is 6.18. The van der Waals surface area contributed by atoms with E-state index < -0.39 is 0 Å². The number of phenolic OH excluding ortho intramolecular Hbond substituents is 1. The average Bonchev–Trinajstić information content (AvgIpc) is 2.38. The largest absolute Gasteiger partial charge is 0.508 e. The van der Waals surface area contributed by atoms with Crippen molar-refractivity contribution in [3.63, 3.8) is 0 Å². The highest BCUT2D eigenvalue weighted by atomic mass is 16.3. The molecule has 2 rings (SSSR count). The van der Waals surface area contributed by atoms with E-state index in [1.165, 1.54) is 11.6 Å². The predicted molar refractivity (Wildman–Crippen MR) is 72.7 cm³/mol. The van der Waals surface area contributed by atoms with Gasteiger partial charge in [-0.2, -0.15) is 0 Å². The molecule has 1 aromatic carbocycles. The van der Waals surface area contributed by atoms with E-state index in [0.29, 0.717) is 18.7 Å². The molecule has 0 saturated heterocycles. The van der Waals surface area contributed by atoms with Gasteiger partial charge in [0.2, 0.25) is 5.91 Å². The number of nitrogens with zero attached hydrogens (tertiary/aromatic N) is 1. The fourth-order valence-corrected chi connectivity index (χ4v) is 1.72. The van der Waals surface area contributed by atoms with Crippen LogP contribution in [0.3, 0.4) is 0 Å². The van der Waals surface area contributed by atoms with Crippen molar-refractivity contribution < 1.29 is 14.5 Å². The summed E-state index contributed by atoms with van der Waals surface area (Å²) >= 11 is 0. The molecule has 2 N–H and O–H groups in total. The molecule has 1 aromatic heterocycles. The third-order valence-corrected chi connectivity index (χ3v) is 2.78. The Kier molecular flexibility index (Phi) is 4.13. The van der Waals surface area contributed by atoms with Crippen LogP contribution in [0.25, 0.3) is 0 Å². The lowest BCUT2D eigenvalue weighted by Crippen LogP contribution is -2.34. The summed E-state index contributed by atoms with van der Waals surface area (Å²) in [5.41, 5.74) is 1.80.